The molecule has 0 aromatic carbocycles. The lowest BCUT2D eigenvalue weighted by atomic mass is 9.98. The van der Waals surface area contributed by atoms with Crippen LogP contribution in [0.1, 0.15) is 0 Å². The van der Waals surface area contributed by atoms with Crippen molar-refractivity contribution in [3.8, 4) is 0 Å². The van der Waals surface area contributed by atoms with Gasteiger partial charge in [0, 0.05) is 4.91 Å². The number of aliphatic hydroxyl groups excluding tert-OH is 7. The zero-order valence-electron chi connectivity index (χ0n) is 13.3. The number of hydrogen-bond donors (Lipinski definition) is 7. The van der Waals surface area contributed by atoms with Gasteiger partial charge in [-0.25, -0.2) is 0 Å². The number of azide groups is 1. The van der Waals surface area contributed by atoms with Gasteiger partial charge < -0.3 is 54.8 Å². The molecular formula is C12H21N3O11. The van der Waals surface area contributed by atoms with Crippen LogP contribution in [-0.4, -0.2) is 110 Å². The normalized spacial score (nSPS) is 46.4. The molecule has 0 amide bonds. The number of hydrogen-bond acceptors (Lipinski definition) is 12. The largest absolute Gasteiger partial charge is 0.424 e. The quantitative estimate of drug-likeness (QED) is 0.101. The third-order valence-electron chi connectivity index (χ3n) is 4.14. The molecule has 0 unspecified atom stereocenters. The van der Waals surface area contributed by atoms with Crippen LogP contribution in [-0.2, 0) is 19.0 Å². The molecule has 0 bridgehead atoms. The maximum Gasteiger partial charge on any atom is 0.190 e. The van der Waals surface area contributed by atoms with Crippen molar-refractivity contribution in [2.45, 2.75) is 61.4 Å². The van der Waals surface area contributed by atoms with Gasteiger partial charge in [0.05, 0.1) is 13.2 Å². The molecule has 14 nitrogen and oxygen atoms in total. The van der Waals surface area contributed by atoms with Crippen molar-refractivity contribution < 1.29 is 54.8 Å². The van der Waals surface area contributed by atoms with Gasteiger partial charge in [-0.2, -0.15) is 0 Å². The van der Waals surface area contributed by atoms with Crippen molar-refractivity contribution in [1.29, 1.82) is 0 Å². The molecule has 2 aliphatic heterocycles. The lowest BCUT2D eigenvalue weighted by Crippen LogP contribution is -2.64. The first-order valence-electron chi connectivity index (χ1n) is 7.64. The predicted octanol–water partition coefficient (Wildman–Crippen LogP) is -4.15. The molecule has 14 heteroatoms. The summed E-state index contributed by atoms with van der Waals surface area (Å²) < 4.78 is 15.5. The lowest BCUT2D eigenvalue weighted by Gasteiger charge is -2.44. The lowest BCUT2D eigenvalue weighted by molar-refractivity contribution is -0.378. The van der Waals surface area contributed by atoms with Crippen LogP contribution in [0, 0.1) is 0 Å². The predicted molar refractivity (Wildman–Crippen MR) is 76.6 cm³/mol. The van der Waals surface area contributed by atoms with Crippen LogP contribution in [0.3, 0.4) is 0 Å². The van der Waals surface area contributed by atoms with Gasteiger partial charge in [0.1, 0.15) is 48.0 Å². The van der Waals surface area contributed by atoms with Gasteiger partial charge in [0.25, 0.3) is 0 Å². The summed E-state index contributed by atoms with van der Waals surface area (Å²) in [4.78, 5) is 6.94. The summed E-state index contributed by atoms with van der Waals surface area (Å²) in [5, 5.41) is 70.8. The van der Waals surface area contributed by atoms with Crippen molar-refractivity contribution in [3.05, 3.63) is 10.4 Å². The molecule has 10 atom stereocenters. The van der Waals surface area contributed by atoms with Gasteiger partial charge in [-0.15, -0.1) is 0 Å². The van der Waals surface area contributed by atoms with Crippen LogP contribution in [0.25, 0.3) is 10.4 Å². The molecule has 0 aromatic rings. The van der Waals surface area contributed by atoms with Gasteiger partial charge in [0.2, 0.25) is 0 Å². The Morgan fingerprint density at radius 3 is 1.88 bits per heavy atom. The molecule has 0 aliphatic carbocycles. The van der Waals surface area contributed by atoms with Crippen LogP contribution >= 0.6 is 0 Å². The van der Waals surface area contributed by atoms with Crippen molar-refractivity contribution in [2.24, 2.45) is 5.28 Å². The smallest absolute Gasteiger partial charge is 0.190 e. The highest BCUT2D eigenvalue weighted by atomic mass is 16.8. The second kappa shape index (κ2) is 9.07. The van der Waals surface area contributed by atoms with E-state index in [9.17, 15) is 30.6 Å². The van der Waals surface area contributed by atoms with E-state index < -0.39 is 74.6 Å². The number of ether oxygens (including phenoxy) is 3. The summed E-state index contributed by atoms with van der Waals surface area (Å²) in [5.41, 5.74) is 8.29. The van der Waals surface area contributed by atoms with E-state index in [0.29, 0.717) is 0 Å². The Morgan fingerprint density at radius 1 is 0.808 bits per heavy atom. The molecule has 0 aromatic heterocycles. The molecule has 2 rings (SSSR count). The molecule has 0 spiro atoms. The highest BCUT2D eigenvalue weighted by Crippen LogP contribution is 2.29. The standard InChI is InChI=1S/C12H21N3O11/c13-14-15-26-10-6(19)4(2-17)24-12(9(10)22)25-11-8(21)7(20)5(18)3(1-16)23-11/h3-12,16-22H,1-2H2/t3-,4-,5-,6-,7+,8-,9-,10+,11-,12-/m1/s1. The molecule has 26 heavy (non-hydrogen) atoms. The summed E-state index contributed by atoms with van der Waals surface area (Å²) in [6.07, 6.45) is -15.8. The Morgan fingerprint density at radius 2 is 1.35 bits per heavy atom. The summed E-state index contributed by atoms with van der Waals surface area (Å²) in [5.74, 6) is 0. The van der Waals surface area contributed by atoms with Crippen LogP contribution in [0.2, 0.25) is 0 Å². The fourth-order valence-corrected chi connectivity index (χ4v) is 2.68. The summed E-state index contributed by atoms with van der Waals surface area (Å²) in [6.45, 7) is -1.40. The molecule has 0 radical (unpaired) electrons. The van der Waals surface area contributed by atoms with E-state index >= 15 is 0 Å². The molecule has 7 N–H and O–H groups in total. The van der Waals surface area contributed by atoms with Crippen LogP contribution in [0.4, 0.5) is 0 Å². The molecule has 0 saturated carbocycles. The number of rotatable bonds is 6. The van der Waals surface area contributed by atoms with Crippen LogP contribution < -0.4 is 0 Å². The average Bonchev–Trinajstić information content (AvgIpc) is 2.64. The summed E-state index contributed by atoms with van der Waals surface area (Å²) in [6, 6.07) is 0. The van der Waals surface area contributed by atoms with E-state index in [1.165, 1.54) is 0 Å². The fraction of sp³-hybridized carbons (Fsp3) is 1.00. The monoisotopic (exact) mass is 383 g/mol. The Bertz CT molecular complexity index is 505. The highest BCUT2D eigenvalue weighted by Gasteiger charge is 2.50. The van der Waals surface area contributed by atoms with Gasteiger partial charge in [-0.05, 0) is 5.53 Å². The first-order chi connectivity index (χ1) is 12.3. The van der Waals surface area contributed by atoms with Crippen molar-refractivity contribution in [1.82, 2.24) is 0 Å². The molecular weight excluding hydrogens is 362 g/mol. The Labute approximate surface area is 146 Å². The third-order valence-corrected chi connectivity index (χ3v) is 4.14. The minimum atomic E-state index is -1.76. The second-order valence-corrected chi connectivity index (χ2v) is 5.78. The first-order valence-corrected chi connectivity index (χ1v) is 7.64. The summed E-state index contributed by atoms with van der Waals surface area (Å²) >= 11 is 0. The van der Waals surface area contributed by atoms with Gasteiger partial charge in [-0.3, -0.25) is 0 Å². The fourth-order valence-electron chi connectivity index (χ4n) is 2.68. The Kier molecular flexibility index (Phi) is 7.33. The van der Waals surface area contributed by atoms with Crippen LogP contribution in [0.15, 0.2) is 5.28 Å². The number of aliphatic hydroxyl groups is 7. The topological polar surface area (TPSA) is 227 Å². The van der Waals surface area contributed by atoms with E-state index in [2.05, 4.69) is 15.0 Å². The van der Waals surface area contributed by atoms with Gasteiger partial charge in [0.15, 0.2) is 18.7 Å². The molecule has 2 heterocycles. The maximum atomic E-state index is 10.2. The zero-order valence-corrected chi connectivity index (χ0v) is 13.3. The average molecular weight is 383 g/mol. The van der Waals surface area contributed by atoms with Crippen molar-refractivity contribution >= 4 is 0 Å². The van der Waals surface area contributed by atoms with E-state index in [0.717, 1.165) is 0 Å². The molecule has 150 valence electrons. The molecule has 2 aliphatic rings. The minimum absolute atomic E-state index is 0.695. The second-order valence-electron chi connectivity index (χ2n) is 5.78. The third kappa shape index (κ3) is 4.16. The van der Waals surface area contributed by atoms with Crippen molar-refractivity contribution in [3.63, 3.8) is 0 Å². The van der Waals surface area contributed by atoms with Gasteiger partial charge in [-0.1, -0.05) is 0 Å². The SMILES string of the molecule is [N-]=[N+]=NO[C@@H]1[C@@H](O)[C@@H](O[C@H]2O[C@H](CO)[C@@H](O)[C@H](O)[C@H]2O)O[C@H](CO)[C@H]1O. The zero-order chi connectivity index (χ0) is 19.4. The number of nitrogens with zero attached hydrogens (tertiary/aromatic N) is 3. The Balaban J connectivity index is 2.14. The maximum absolute atomic E-state index is 10.2. The van der Waals surface area contributed by atoms with E-state index in [4.69, 9.17) is 24.8 Å². The van der Waals surface area contributed by atoms with E-state index in [1.54, 1.807) is 0 Å². The van der Waals surface area contributed by atoms with E-state index in [-0.39, 0.29) is 0 Å². The van der Waals surface area contributed by atoms with Crippen LogP contribution in [0.5, 0.6) is 0 Å². The molecule has 2 fully saturated rings. The molecule has 2 saturated heterocycles. The van der Waals surface area contributed by atoms with Gasteiger partial charge >= 0.3 is 0 Å². The highest BCUT2D eigenvalue weighted by molar-refractivity contribution is 4.92. The summed E-state index contributed by atoms with van der Waals surface area (Å²) in [7, 11) is 0. The van der Waals surface area contributed by atoms with E-state index in [1.807, 2.05) is 0 Å². The Hall–Kier alpha value is -1.29. The minimum Gasteiger partial charge on any atom is -0.424 e. The van der Waals surface area contributed by atoms with Crippen molar-refractivity contribution in [2.75, 3.05) is 13.2 Å². The first kappa shape index (κ1) is 21.0.